The lowest BCUT2D eigenvalue weighted by Crippen LogP contribution is -2.32. The Hall–Kier alpha value is -3.48. The second kappa shape index (κ2) is 8.57. The molecule has 14 heteroatoms. The number of ether oxygens (including phenoxy) is 1. The van der Waals surface area contributed by atoms with Gasteiger partial charge in [-0.25, -0.2) is 9.37 Å². The van der Waals surface area contributed by atoms with E-state index in [0.29, 0.717) is 19.2 Å². The molecule has 0 spiro atoms. The molecule has 1 amide bonds. The molecule has 1 aromatic carbocycles. The minimum atomic E-state index is -4.81. The lowest BCUT2D eigenvalue weighted by molar-refractivity contribution is -0.189. The van der Waals surface area contributed by atoms with Gasteiger partial charge in [-0.2, -0.15) is 22.7 Å². The lowest BCUT2D eigenvalue weighted by atomic mass is 10.1. The van der Waals surface area contributed by atoms with Crippen LogP contribution in [0.15, 0.2) is 23.1 Å². The van der Waals surface area contributed by atoms with Gasteiger partial charge in [-0.3, -0.25) is 14.7 Å². The summed E-state index contributed by atoms with van der Waals surface area (Å²) >= 11 is 5.87. The smallest absolute Gasteiger partial charge is 0.425 e. The summed E-state index contributed by atoms with van der Waals surface area (Å²) < 4.78 is 72.0. The third-order valence-corrected chi connectivity index (χ3v) is 4.50. The molecule has 0 saturated heterocycles. The highest BCUT2D eigenvalue weighted by atomic mass is 35.5. The average molecular weight is 478 g/mol. The van der Waals surface area contributed by atoms with Gasteiger partial charge in [0.25, 0.3) is 11.5 Å². The van der Waals surface area contributed by atoms with Crippen LogP contribution >= 0.6 is 11.6 Å². The third kappa shape index (κ3) is 4.72. The van der Waals surface area contributed by atoms with E-state index in [1.54, 1.807) is 0 Å². The van der Waals surface area contributed by atoms with E-state index >= 15 is 0 Å². The maximum atomic E-state index is 14.8. The van der Waals surface area contributed by atoms with E-state index in [9.17, 15) is 31.5 Å². The Balaban J connectivity index is 2.10. The number of carbonyl (C=O) groups excluding carboxylic acids is 1. The van der Waals surface area contributed by atoms with Gasteiger partial charge >= 0.3 is 6.18 Å². The standard InChI is InChI=1S/C18H13ClF5N5O3/c1-6-13(14(19)29-28-6)26-16(30)9-3-10(20)8(15-25-5-11(21)17(31)27-15)4-12(9)32-7(2)18(22,23)24/h3-5,7H,1-2H3,(H,26,30)(H,28,29)(H,25,27,31)/t7-/m0/s1. The molecule has 2 heterocycles. The van der Waals surface area contributed by atoms with E-state index in [1.165, 1.54) is 6.92 Å². The molecule has 0 unspecified atom stereocenters. The molecule has 0 saturated carbocycles. The van der Waals surface area contributed by atoms with Crippen LogP contribution < -0.4 is 15.6 Å². The molecular weight excluding hydrogens is 465 g/mol. The number of benzene rings is 1. The number of halogens is 6. The van der Waals surface area contributed by atoms with Gasteiger partial charge in [0.2, 0.25) is 5.82 Å². The first-order valence-electron chi connectivity index (χ1n) is 8.72. The lowest BCUT2D eigenvalue weighted by Gasteiger charge is -2.20. The number of alkyl halides is 3. The average Bonchev–Trinajstić information content (AvgIpc) is 3.02. The molecule has 3 N–H and O–H groups in total. The summed E-state index contributed by atoms with van der Waals surface area (Å²) in [5, 5.41) is 8.39. The van der Waals surface area contributed by atoms with Crippen LogP contribution in [0.1, 0.15) is 23.0 Å². The summed E-state index contributed by atoms with van der Waals surface area (Å²) in [4.78, 5) is 29.7. The van der Waals surface area contributed by atoms with Gasteiger partial charge in [0.05, 0.1) is 23.0 Å². The fourth-order valence-corrected chi connectivity index (χ4v) is 2.74. The number of aromatic nitrogens is 4. The summed E-state index contributed by atoms with van der Waals surface area (Å²) in [6.07, 6.45) is -6.68. The van der Waals surface area contributed by atoms with Gasteiger partial charge in [-0.1, -0.05) is 11.6 Å². The molecule has 3 rings (SSSR count). The van der Waals surface area contributed by atoms with Crippen molar-refractivity contribution in [1.29, 1.82) is 0 Å². The monoisotopic (exact) mass is 477 g/mol. The highest BCUT2D eigenvalue weighted by Gasteiger charge is 2.39. The second-order valence-corrected chi connectivity index (χ2v) is 6.87. The molecular formula is C18H13ClF5N5O3. The Morgan fingerprint density at radius 2 is 1.94 bits per heavy atom. The summed E-state index contributed by atoms with van der Waals surface area (Å²) in [5.74, 6) is -4.61. The minimum Gasteiger partial charge on any atom is -0.480 e. The predicted octanol–water partition coefficient (Wildman–Crippen LogP) is 3.98. The fourth-order valence-electron chi connectivity index (χ4n) is 2.51. The molecule has 1 atom stereocenters. The van der Waals surface area contributed by atoms with E-state index < -0.39 is 58.1 Å². The summed E-state index contributed by atoms with van der Waals surface area (Å²) in [6, 6.07) is 1.34. The van der Waals surface area contributed by atoms with Crippen molar-refractivity contribution < 1.29 is 31.5 Å². The molecule has 0 fully saturated rings. The number of H-pyrrole nitrogens is 2. The van der Waals surface area contributed by atoms with E-state index in [0.717, 1.165) is 6.07 Å². The molecule has 8 nitrogen and oxygen atoms in total. The maximum Gasteiger partial charge on any atom is 0.425 e. The number of amides is 1. The molecule has 32 heavy (non-hydrogen) atoms. The fraction of sp³-hybridized carbons (Fsp3) is 0.222. The van der Waals surface area contributed by atoms with Crippen LogP contribution in [0.4, 0.5) is 27.6 Å². The van der Waals surface area contributed by atoms with Gasteiger partial charge in [-0.05, 0) is 26.0 Å². The zero-order valence-corrected chi connectivity index (χ0v) is 17.0. The summed E-state index contributed by atoms with van der Waals surface area (Å²) in [7, 11) is 0. The second-order valence-electron chi connectivity index (χ2n) is 6.49. The highest BCUT2D eigenvalue weighted by Crippen LogP contribution is 2.33. The maximum absolute atomic E-state index is 14.8. The number of rotatable bonds is 5. The van der Waals surface area contributed by atoms with Crippen molar-refractivity contribution in [2.75, 3.05) is 5.32 Å². The van der Waals surface area contributed by atoms with E-state index in [2.05, 4.69) is 20.5 Å². The number of aryl methyl sites for hydroxylation is 1. The molecule has 0 aliphatic carbocycles. The van der Waals surface area contributed by atoms with Gasteiger partial charge in [0.15, 0.2) is 6.10 Å². The Morgan fingerprint density at radius 1 is 1.25 bits per heavy atom. The van der Waals surface area contributed by atoms with Crippen molar-refractivity contribution in [3.8, 4) is 17.1 Å². The zero-order valence-electron chi connectivity index (χ0n) is 16.2. The first kappa shape index (κ1) is 23.2. The van der Waals surface area contributed by atoms with E-state index in [-0.39, 0.29) is 16.5 Å². The van der Waals surface area contributed by atoms with Gasteiger partial charge in [-0.15, -0.1) is 0 Å². The van der Waals surface area contributed by atoms with Crippen molar-refractivity contribution >= 4 is 23.2 Å². The van der Waals surface area contributed by atoms with Gasteiger partial charge < -0.3 is 15.0 Å². The van der Waals surface area contributed by atoms with Crippen LogP contribution in [0.3, 0.4) is 0 Å². The molecule has 3 aromatic rings. The van der Waals surface area contributed by atoms with Crippen molar-refractivity contribution in [3.05, 3.63) is 56.7 Å². The van der Waals surface area contributed by atoms with Gasteiger partial charge in [0.1, 0.15) is 28.2 Å². The minimum absolute atomic E-state index is 0.0282. The van der Waals surface area contributed by atoms with E-state index in [4.69, 9.17) is 16.3 Å². The highest BCUT2D eigenvalue weighted by molar-refractivity contribution is 6.33. The topological polar surface area (TPSA) is 113 Å². The van der Waals surface area contributed by atoms with Crippen molar-refractivity contribution in [1.82, 2.24) is 20.2 Å². The first-order chi connectivity index (χ1) is 14.9. The first-order valence-corrected chi connectivity index (χ1v) is 9.10. The molecule has 170 valence electrons. The van der Waals surface area contributed by atoms with Crippen molar-refractivity contribution in [3.63, 3.8) is 0 Å². The largest absolute Gasteiger partial charge is 0.480 e. The summed E-state index contributed by atoms with van der Waals surface area (Å²) in [6.45, 7) is 2.17. The van der Waals surface area contributed by atoms with Crippen LogP contribution in [0, 0.1) is 18.6 Å². The Kier molecular flexibility index (Phi) is 6.21. The van der Waals surface area contributed by atoms with Crippen LogP contribution in [-0.4, -0.2) is 38.4 Å². The molecule has 0 aliphatic rings. The van der Waals surface area contributed by atoms with E-state index in [1.807, 2.05) is 4.98 Å². The summed E-state index contributed by atoms with van der Waals surface area (Å²) in [5.41, 5.74) is -2.07. The predicted molar refractivity (Wildman–Crippen MR) is 103 cm³/mol. The number of anilines is 1. The number of hydrogen-bond donors (Lipinski definition) is 3. The SMILES string of the molecule is Cc1n[nH]c(Cl)c1NC(=O)c1cc(F)c(-c2ncc(F)c(=O)[nH]2)cc1O[C@@H](C)C(F)(F)F. The molecule has 0 radical (unpaired) electrons. The van der Waals surface area contributed by atoms with Crippen molar-refractivity contribution in [2.24, 2.45) is 0 Å². The number of nitrogens with zero attached hydrogens (tertiary/aromatic N) is 2. The third-order valence-electron chi connectivity index (χ3n) is 4.23. The Morgan fingerprint density at radius 3 is 2.50 bits per heavy atom. The van der Waals surface area contributed by atoms with Crippen LogP contribution in [0.25, 0.3) is 11.4 Å². The number of hydrogen-bond acceptors (Lipinski definition) is 5. The normalized spacial score (nSPS) is 12.5. The Bertz CT molecular complexity index is 1220. The number of carbonyl (C=O) groups is 1. The van der Waals surface area contributed by atoms with Gasteiger partial charge in [0, 0.05) is 0 Å². The zero-order chi connectivity index (χ0) is 23.8. The van der Waals surface area contributed by atoms with Crippen molar-refractivity contribution in [2.45, 2.75) is 26.1 Å². The van der Waals surface area contributed by atoms with Crippen LogP contribution in [-0.2, 0) is 0 Å². The molecule has 0 aliphatic heterocycles. The van der Waals surface area contributed by atoms with Crippen LogP contribution in [0.5, 0.6) is 5.75 Å². The number of nitrogens with one attached hydrogen (secondary N) is 3. The number of aromatic amines is 2. The molecule has 2 aromatic heterocycles. The Labute approximate surface area is 180 Å². The van der Waals surface area contributed by atoms with Crippen LogP contribution in [0.2, 0.25) is 5.15 Å². The molecule has 0 bridgehead atoms. The quantitative estimate of drug-likeness (QED) is 0.481.